The van der Waals surface area contributed by atoms with E-state index in [1.54, 1.807) is 11.0 Å². The molecule has 0 saturated heterocycles. The molecule has 0 spiro atoms. The van der Waals surface area contributed by atoms with Crippen molar-refractivity contribution in [2.75, 3.05) is 36.6 Å². The molecule has 8 nitrogen and oxygen atoms in total. The highest BCUT2D eigenvalue weighted by Gasteiger charge is 2.36. The molecule has 160 valence electrons. The van der Waals surface area contributed by atoms with Gasteiger partial charge < -0.3 is 26.6 Å². The van der Waals surface area contributed by atoms with E-state index < -0.39 is 11.9 Å². The first-order valence-corrected chi connectivity index (χ1v) is 10.7. The summed E-state index contributed by atoms with van der Waals surface area (Å²) in [6.45, 7) is 0.438. The molecule has 1 unspecified atom stereocenters. The topological polar surface area (TPSA) is 118 Å². The fourth-order valence-electron chi connectivity index (χ4n) is 3.70. The molecule has 0 aliphatic carbocycles. The van der Waals surface area contributed by atoms with Crippen LogP contribution in [0.25, 0.3) is 0 Å². The first-order valence-electron chi connectivity index (χ1n) is 9.84. The number of carbonyl (C=O) groups is 2. The van der Waals surface area contributed by atoms with Crippen molar-refractivity contribution in [2.24, 2.45) is 5.73 Å². The summed E-state index contributed by atoms with van der Waals surface area (Å²) >= 11 is 1.22. The Morgan fingerprint density at radius 2 is 1.97 bits per heavy atom. The van der Waals surface area contributed by atoms with Crippen LogP contribution in [0.15, 0.2) is 48.5 Å². The molecular formula is C22H24N6O2S. The second-order valence-electron chi connectivity index (χ2n) is 7.54. The van der Waals surface area contributed by atoms with E-state index in [0.29, 0.717) is 24.3 Å². The Labute approximate surface area is 184 Å². The quantitative estimate of drug-likeness (QED) is 0.543. The number of anilines is 3. The van der Waals surface area contributed by atoms with E-state index in [2.05, 4.69) is 10.3 Å². The summed E-state index contributed by atoms with van der Waals surface area (Å²) in [5.41, 5.74) is 15.6. The van der Waals surface area contributed by atoms with E-state index in [9.17, 15) is 9.59 Å². The van der Waals surface area contributed by atoms with Gasteiger partial charge in [-0.1, -0.05) is 24.3 Å². The van der Waals surface area contributed by atoms with E-state index in [1.165, 1.54) is 11.3 Å². The predicted octanol–water partition coefficient (Wildman–Crippen LogP) is 3.07. The SMILES string of the molecule is CN(C)c1cccc(NC(=O)N2CCc3nc(C(N)=O)sc3C2c2ccccc2N)c1. The Kier molecular flexibility index (Phi) is 5.51. The van der Waals surface area contributed by atoms with E-state index in [-0.39, 0.29) is 11.0 Å². The van der Waals surface area contributed by atoms with Gasteiger partial charge in [-0.15, -0.1) is 11.3 Å². The maximum atomic E-state index is 13.3. The summed E-state index contributed by atoms with van der Waals surface area (Å²) in [6, 6.07) is 14.4. The van der Waals surface area contributed by atoms with Crippen molar-refractivity contribution in [1.29, 1.82) is 0 Å². The zero-order chi connectivity index (χ0) is 22.1. The zero-order valence-corrected chi connectivity index (χ0v) is 18.1. The summed E-state index contributed by atoms with van der Waals surface area (Å²) in [5, 5.41) is 3.24. The van der Waals surface area contributed by atoms with Crippen LogP contribution in [-0.4, -0.2) is 42.5 Å². The number of nitrogen functional groups attached to an aromatic ring is 1. The monoisotopic (exact) mass is 436 g/mol. The van der Waals surface area contributed by atoms with Crippen molar-refractivity contribution < 1.29 is 9.59 Å². The minimum Gasteiger partial charge on any atom is -0.398 e. The van der Waals surface area contributed by atoms with Crippen molar-refractivity contribution in [3.8, 4) is 0 Å². The fourth-order valence-corrected chi connectivity index (χ4v) is 4.80. The number of thiazole rings is 1. The Morgan fingerprint density at radius 3 is 2.68 bits per heavy atom. The van der Waals surface area contributed by atoms with Crippen LogP contribution in [0.1, 0.15) is 32.0 Å². The number of para-hydroxylation sites is 1. The minimum absolute atomic E-state index is 0.241. The lowest BCUT2D eigenvalue weighted by Gasteiger charge is -2.36. The zero-order valence-electron chi connectivity index (χ0n) is 17.3. The van der Waals surface area contributed by atoms with Gasteiger partial charge in [0.1, 0.15) is 0 Å². The van der Waals surface area contributed by atoms with Crippen LogP contribution in [0.2, 0.25) is 0 Å². The maximum absolute atomic E-state index is 13.3. The molecule has 1 atom stereocenters. The smallest absolute Gasteiger partial charge is 0.322 e. The number of nitrogens with zero attached hydrogens (tertiary/aromatic N) is 3. The van der Waals surface area contributed by atoms with Gasteiger partial charge in [-0.2, -0.15) is 0 Å². The van der Waals surface area contributed by atoms with Crippen molar-refractivity contribution in [1.82, 2.24) is 9.88 Å². The van der Waals surface area contributed by atoms with Crippen LogP contribution in [0.3, 0.4) is 0 Å². The number of carbonyl (C=O) groups excluding carboxylic acids is 2. The summed E-state index contributed by atoms with van der Waals surface area (Å²) in [4.78, 5) is 34.0. The molecule has 2 aromatic carbocycles. The van der Waals surface area contributed by atoms with Crippen molar-refractivity contribution in [3.63, 3.8) is 0 Å². The van der Waals surface area contributed by atoms with Gasteiger partial charge >= 0.3 is 6.03 Å². The average molecular weight is 437 g/mol. The highest BCUT2D eigenvalue weighted by Crippen LogP contribution is 2.41. The maximum Gasteiger partial charge on any atom is 0.322 e. The van der Waals surface area contributed by atoms with Gasteiger partial charge in [0.15, 0.2) is 5.01 Å². The fraction of sp³-hybridized carbons (Fsp3) is 0.227. The van der Waals surface area contributed by atoms with E-state index in [0.717, 1.165) is 21.8 Å². The largest absolute Gasteiger partial charge is 0.398 e. The standard InChI is InChI=1S/C22H24N6O2S/c1-27(2)14-7-5-6-13(12-14)25-22(30)28-11-10-17-19(31-21(26-17)20(24)29)18(28)15-8-3-4-9-16(15)23/h3-9,12,18H,10-11,23H2,1-2H3,(H2,24,29)(H,25,30). The Bertz CT molecular complexity index is 1140. The van der Waals surface area contributed by atoms with Gasteiger partial charge in [0.05, 0.1) is 16.6 Å². The van der Waals surface area contributed by atoms with Gasteiger partial charge in [0.2, 0.25) is 0 Å². The van der Waals surface area contributed by atoms with E-state index in [4.69, 9.17) is 11.5 Å². The predicted molar refractivity (Wildman–Crippen MR) is 124 cm³/mol. The van der Waals surface area contributed by atoms with Crippen LogP contribution in [0.4, 0.5) is 21.9 Å². The third-order valence-corrected chi connectivity index (χ3v) is 6.42. The number of benzene rings is 2. The number of nitrogens with one attached hydrogen (secondary N) is 1. The summed E-state index contributed by atoms with van der Waals surface area (Å²) in [5.74, 6) is -0.573. The van der Waals surface area contributed by atoms with Gasteiger partial charge in [-0.05, 0) is 24.3 Å². The Morgan fingerprint density at radius 1 is 1.19 bits per heavy atom. The van der Waals surface area contributed by atoms with Crippen LogP contribution in [-0.2, 0) is 6.42 Å². The Balaban J connectivity index is 1.72. The van der Waals surface area contributed by atoms with E-state index >= 15 is 0 Å². The molecule has 2 heterocycles. The average Bonchev–Trinajstić information content (AvgIpc) is 3.18. The van der Waals surface area contributed by atoms with Gasteiger partial charge in [-0.3, -0.25) is 4.79 Å². The second-order valence-corrected chi connectivity index (χ2v) is 8.57. The van der Waals surface area contributed by atoms with Gasteiger partial charge in [0.25, 0.3) is 5.91 Å². The molecule has 3 amide bonds. The molecule has 4 rings (SSSR count). The molecule has 0 saturated carbocycles. The normalized spacial score (nSPS) is 15.3. The second kappa shape index (κ2) is 8.27. The van der Waals surface area contributed by atoms with Crippen LogP contribution in [0, 0.1) is 0 Å². The lowest BCUT2D eigenvalue weighted by molar-refractivity contribution is 0.0999. The lowest BCUT2D eigenvalue weighted by atomic mass is 9.96. The molecule has 1 aliphatic heterocycles. The summed E-state index contributed by atoms with van der Waals surface area (Å²) in [6.07, 6.45) is 0.535. The van der Waals surface area contributed by atoms with Crippen molar-refractivity contribution in [2.45, 2.75) is 12.5 Å². The summed E-state index contributed by atoms with van der Waals surface area (Å²) < 4.78 is 0. The van der Waals surface area contributed by atoms with E-state index in [1.807, 2.05) is 61.5 Å². The number of urea groups is 1. The molecule has 31 heavy (non-hydrogen) atoms. The molecule has 5 N–H and O–H groups in total. The van der Waals surface area contributed by atoms with Crippen molar-refractivity contribution >= 4 is 40.3 Å². The number of fused-ring (bicyclic) bond motifs is 1. The molecule has 3 aromatic rings. The lowest BCUT2D eigenvalue weighted by Crippen LogP contribution is -2.42. The molecule has 0 radical (unpaired) electrons. The highest BCUT2D eigenvalue weighted by molar-refractivity contribution is 7.13. The number of primary amides is 1. The number of rotatable bonds is 4. The molecule has 1 aliphatic rings. The van der Waals surface area contributed by atoms with Crippen LogP contribution >= 0.6 is 11.3 Å². The number of hydrogen-bond acceptors (Lipinski definition) is 6. The van der Waals surface area contributed by atoms with Crippen molar-refractivity contribution in [3.05, 3.63) is 69.7 Å². The number of amides is 3. The first kappa shape index (κ1) is 20.7. The molecule has 9 heteroatoms. The minimum atomic E-state index is -0.573. The molecular weight excluding hydrogens is 412 g/mol. The van der Waals surface area contributed by atoms with Gasteiger partial charge in [-0.25, -0.2) is 9.78 Å². The molecule has 0 bridgehead atoms. The number of aromatic nitrogens is 1. The highest BCUT2D eigenvalue weighted by atomic mass is 32.1. The number of hydrogen-bond donors (Lipinski definition) is 3. The third kappa shape index (κ3) is 4.04. The third-order valence-electron chi connectivity index (χ3n) is 5.25. The van der Waals surface area contributed by atoms with Crippen LogP contribution < -0.4 is 21.7 Å². The summed E-state index contributed by atoms with van der Waals surface area (Å²) in [7, 11) is 3.89. The molecule has 0 fully saturated rings. The van der Waals surface area contributed by atoms with Gasteiger partial charge in [0, 0.05) is 49.7 Å². The molecule has 1 aromatic heterocycles. The Hall–Kier alpha value is -3.59. The first-order chi connectivity index (χ1) is 14.8. The number of nitrogens with two attached hydrogens (primary N) is 2. The van der Waals surface area contributed by atoms with Crippen LogP contribution in [0.5, 0.6) is 0 Å².